The number of fused-ring (bicyclic) bond motifs is 2. The average Bonchev–Trinajstić information content (AvgIpc) is 2.46. The highest BCUT2D eigenvalue weighted by Gasteiger charge is 2.43. The summed E-state index contributed by atoms with van der Waals surface area (Å²) in [6, 6.07) is 15.1. The molecule has 0 aliphatic heterocycles. The summed E-state index contributed by atoms with van der Waals surface area (Å²) in [7, 11) is 0. The average molecular weight is 296 g/mol. The van der Waals surface area contributed by atoms with Gasteiger partial charge in [-0.3, -0.25) is 9.59 Å². The Morgan fingerprint density at radius 1 is 0.818 bits per heavy atom. The van der Waals surface area contributed by atoms with E-state index in [0.717, 1.165) is 22.3 Å². The van der Waals surface area contributed by atoms with Gasteiger partial charge in [0, 0.05) is 5.41 Å². The normalized spacial score (nSPS) is 14.7. The molecule has 0 spiro atoms. The van der Waals surface area contributed by atoms with Crippen LogP contribution in [0.2, 0.25) is 0 Å². The van der Waals surface area contributed by atoms with E-state index in [2.05, 4.69) is 0 Å². The van der Waals surface area contributed by atoms with Crippen molar-refractivity contribution in [2.45, 2.75) is 24.7 Å². The van der Waals surface area contributed by atoms with Crippen LogP contribution in [0.15, 0.2) is 48.5 Å². The second-order valence-electron chi connectivity index (χ2n) is 5.71. The van der Waals surface area contributed by atoms with E-state index in [1.54, 1.807) is 0 Å². The van der Waals surface area contributed by atoms with Crippen molar-refractivity contribution in [2.24, 2.45) is 0 Å². The maximum atomic E-state index is 11.5. The first-order valence-electron chi connectivity index (χ1n) is 7.13. The van der Waals surface area contributed by atoms with Gasteiger partial charge in [-0.2, -0.15) is 0 Å². The van der Waals surface area contributed by atoms with Gasteiger partial charge in [0.1, 0.15) is 0 Å². The SMILES string of the molecule is O=C(O)CC1(CC(=O)O)c2ccccc2Cc2ccccc21. The molecule has 0 unspecified atom stereocenters. The van der Waals surface area contributed by atoms with Crippen LogP contribution in [-0.4, -0.2) is 22.2 Å². The number of carboxylic acids is 2. The highest BCUT2D eigenvalue weighted by atomic mass is 16.4. The van der Waals surface area contributed by atoms with Crippen molar-refractivity contribution in [1.82, 2.24) is 0 Å². The molecular formula is C18H16O4. The van der Waals surface area contributed by atoms with Crippen LogP contribution < -0.4 is 0 Å². The Labute approximate surface area is 128 Å². The molecule has 1 aliphatic carbocycles. The summed E-state index contributed by atoms with van der Waals surface area (Å²) in [6.45, 7) is 0. The third kappa shape index (κ3) is 2.26. The molecule has 4 nitrogen and oxygen atoms in total. The van der Waals surface area contributed by atoms with Crippen LogP contribution >= 0.6 is 0 Å². The number of hydrogen-bond acceptors (Lipinski definition) is 2. The second-order valence-corrected chi connectivity index (χ2v) is 5.71. The molecule has 2 aromatic carbocycles. The summed E-state index contributed by atoms with van der Waals surface area (Å²) in [6.07, 6.45) is 0.244. The lowest BCUT2D eigenvalue weighted by atomic mass is 9.63. The zero-order valence-electron chi connectivity index (χ0n) is 12.0. The minimum absolute atomic E-state index is 0.229. The number of aliphatic carboxylic acids is 2. The fourth-order valence-corrected chi connectivity index (χ4v) is 3.59. The van der Waals surface area contributed by atoms with E-state index in [1.165, 1.54) is 0 Å². The summed E-state index contributed by atoms with van der Waals surface area (Å²) < 4.78 is 0. The molecule has 0 radical (unpaired) electrons. The van der Waals surface area contributed by atoms with E-state index in [9.17, 15) is 19.8 Å². The van der Waals surface area contributed by atoms with Gasteiger partial charge in [0.05, 0.1) is 12.8 Å². The molecular weight excluding hydrogens is 280 g/mol. The zero-order chi connectivity index (χ0) is 15.7. The van der Waals surface area contributed by atoms with Crippen molar-refractivity contribution < 1.29 is 19.8 Å². The molecule has 0 fully saturated rings. The number of carboxylic acid groups (broad SMARTS) is 2. The lowest BCUT2D eigenvalue weighted by molar-refractivity contribution is -0.140. The van der Waals surface area contributed by atoms with Gasteiger partial charge in [-0.05, 0) is 28.7 Å². The van der Waals surface area contributed by atoms with Crippen molar-refractivity contribution in [3.8, 4) is 0 Å². The summed E-state index contributed by atoms with van der Waals surface area (Å²) in [5.74, 6) is -1.99. The molecule has 0 saturated heterocycles. The van der Waals surface area contributed by atoms with Crippen LogP contribution in [0, 0.1) is 0 Å². The lowest BCUT2D eigenvalue weighted by Crippen LogP contribution is -2.38. The van der Waals surface area contributed by atoms with Gasteiger partial charge in [0.25, 0.3) is 0 Å². The maximum Gasteiger partial charge on any atom is 0.304 e. The van der Waals surface area contributed by atoms with E-state index >= 15 is 0 Å². The third-order valence-corrected chi connectivity index (χ3v) is 4.35. The molecule has 4 heteroatoms. The molecule has 0 saturated carbocycles. The van der Waals surface area contributed by atoms with Gasteiger partial charge in [0.15, 0.2) is 0 Å². The molecule has 3 rings (SSSR count). The molecule has 1 aliphatic rings. The van der Waals surface area contributed by atoms with E-state index in [1.807, 2.05) is 48.5 Å². The van der Waals surface area contributed by atoms with Crippen molar-refractivity contribution in [2.75, 3.05) is 0 Å². The van der Waals surface area contributed by atoms with Crippen LogP contribution in [0.1, 0.15) is 35.1 Å². The Morgan fingerprint density at radius 3 is 1.64 bits per heavy atom. The minimum Gasteiger partial charge on any atom is -0.481 e. The monoisotopic (exact) mass is 296 g/mol. The second kappa shape index (κ2) is 5.30. The highest BCUT2D eigenvalue weighted by Crippen LogP contribution is 2.46. The van der Waals surface area contributed by atoms with Crippen LogP contribution in [0.25, 0.3) is 0 Å². The van der Waals surface area contributed by atoms with E-state index in [0.29, 0.717) is 6.42 Å². The third-order valence-electron chi connectivity index (χ3n) is 4.35. The van der Waals surface area contributed by atoms with Gasteiger partial charge in [-0.15, -0.1) is 0 Å². The van der Waals surface area contributed by atoms with Gasteiger partial charge in [-0.25, -0.2) is 0 Å². The van der Waals surface area contributed by atoms with Crippen LogP contribution in [-0.2, 0) is 21.4 Å². The van der Waals surface area contributed by atoms with Crippen molar-refractivity contribution in [3.63, 3.8) is 0 Å². The number of hydrogen-bond donors (Lipinski definition) is 2. The number of carbonyl (C=O) groups is 2. The first-order chi connectivity index (χ1) is 10.5. The molecule has 112 valence electrons. The fraction of sp³-hybridized carbons (Fsp3) is 0.222. The molecule has 0 aromatic heterocycles. The first kappa shape index (κ1) is 14.3. The van der Waals surface area contributed by atoms with Crippen LogP contribution in [0.4, 0.5) is 0 Å². The van der Waals surface area contributed by atoms with Gasteiger partial charge in [0.2, 0.25) is 0 Å². The summed E-state index contributed by atoms with van der Waals surface area (Å²) >= 11 is 0. The topological polar surface area (TPSA) is 74.6 Å². The Balaban J connectivity index is 2.30. The maximum absolute atomic E-state index is 11.5. The van der Waals surface area contributed by atoms with Gasteiger partial charge in [-0.1, -0.05) is 48.5 Å². The van der Waals surface area contributed by atoms with Crippen molar-refractivity contribution in [3.05, 3.63) is 70.8 Å². The minimum atomic E-state index is -1.01. The highest BCUT2D eigenvalue weighted by molar-refractivity contribution is 5.77. The molecule has 0 amide bonds. The fourth-order valence-electron chi connectivity index (χ4n) is 3.59. The molecule has 2 N–H and O–H groups in total. The first-order valence-corrected chi connectivity index (χ1v) is 7.13. The van der Waals surface area contributed by atoms with Crippen molar-refractivity contribution >= 4 is 11.9 Å². The van der Waals surface area contributed by atoms with E-state index in [4.69, 9.17) is 0 Å². The number of rotatable bonds is 4. The molecule has 2 aromatic rings. The van der Waals surface area contributed by atoms with Gasteiger partial charge >= 0.3 is 11.9 Å². The molecule has 0 bridgehead atoms. The molecule has 0 atom stereocenters. The Kier molecular flexibility index (Phi) is 3.45. The summed E-state index contributed by atoms with van der Waals surface area (Å²) in [5, 5.41) is 18.8. The molecule has 0 heterocycles. The number of benzene rings is 2. The predicted molar refractivity (Wildman–Crippen MR) is 81.0 cm³/mol. The van der Waals surface area contributed by atoms with Crippen LogP contribution in [0.3, 0.4) is 0 Å². The zero-order valence-corrected chi connectivity index (χ0v) is 12.0. The summed E-state index contributed by atoms with van der Waals surface area (Å²) in [4.78, 5) is 23.0. The van der Waals surface area contributed by atoms with Crippen LogP contribution in [0.5, 0.6) is 0 Å². The summed E-state index contributed by atoms with van der Waals surface area (Å²) in [5.41, 5.74) is 2.63. The van der Waals surface area contributed by atoms with E-state index < -0.39 is 17.4 Å². The lowest BCUT2D eigenvalue weighted by Gasteiger charge is -2.39. The quantitative estimate of drug-likeness (QED) is 0.909. The predicted octanol–water partition coefficient (Wildman–Crippen LogP) is 2.83. The van der Waals surface area contributed by atoms with Crippen molar-refractivity contribution in [1.29, 1.82) is 0 Å². The molecule has 22 heavy (non-hydrogen) atoms. The standard InChI is InChI=1S/C18H16O4/c19-16(20)10-18(11-17(21)22)14-7-3-1-5-12(14)9-13-6-2-4-8-15(13)18/h1-8H,9-11H2,(H,19,20)(H,21,22). The Bertz CT molecular complexity index is 685. The van der Waals surface area contributed by atoms with Gasteiger partial charge < -0.3 is 10.2 Å². The smallest absolute Gasteiger partial charge is 0.304 e. The Hall–Kier alpha value is -2.62. The largest absolute Gasteiger partial charge is 0.481 e. The Morgan fingerprint density at radius 2 is 1.23 bits per heavy atom. The van der Waals surface area contributed by atoms with E-state index in [-0.39, 0.29) is 12.8 Å².